The lowest BCUT2D eigenvalue weighted by atomic mass is 10.1. The lowest BCUT2D eigenvalue weighted by Gasteiger charge is -2.16. The van der Waals surface area contributed by atoms with Crippen molar-refractivity contribution in [1.82, 2.24) is 10.2 Å². The zero-order valence-electron chi connectivity index (χ0n) is 21.3. The Morgan fingerprint density at radius 1 is 0.750 bits per heavy atom. The van der Waals surface area contributed by atoms with Gasteiger partial charge in [-0.3, -0.25) is 19.3 Å². The number of nitrogens with one attached hydrogen (secondary N) is 1. The van der Waals surface area contributed by atoms with Crippen LogP contribution in [0.15, 0.2) is 12.2 Å². The van der Waals surface area contributed by atoms with Gasteiger partial charge in [0.15, 0.2) is 0 Å². The lowest BCUT2D eigenvalue weighted by molar-refractivity contribution is -0.137. The standard InChI is InChI=1S/C24H40N2O10/c1-20(2)21(19-27)25-22(28)5-7-31-9-11-33-13-15-35-17-18-36-16-14-34-12-10-32-8-6-26-23(29)3-4-24(26)30/h3-4,19-21H,5-18H2,1-2H3,(H,25,28). The number of carbonyl (C=O) groups excluding carboxylic acids is 4. The van der Waals surface area contributed by atoms with Crippen molar-refractivity contribution in [1.29, 1.82) is 0 Å². The van der Waals surface area contributed by atoms with E-state index in [0.29, 0.717) is 66.1 Å². The summed E-state index contributed by atoms with van der Waals surface area (Å²) in [4.78, 5) is 46.4. The van der Waals surface area contributed by atoms with Gasteiger partial charge in [0.25, 0.3) is 11.8 Å². The van der Waals surface area contributed by atoms with E-state index in [4.69, 9.17) is 28.4 Å². The zero-order valence-corrected chi connectivity index (χ0v) is 21.3. The van der Waals surface area contributed by atoms with Crippen molar-refractivity contribution in [2.75, 3.05) is 85.8 Å². The van der Waals surface area contributed by atoms with Crippen molar-refractivity contribution in [3.05, 3.63) is 12.2 Å². The van der Waals surface area contributed by atoms with Crippen molar-refractivity contribution in [3.8, 4) is 0 Å². The van der Waals surface area contributed by atoms with E-state index in [1.54, 1.807) is 0 Å². The molecule has 12 heteroatoms. The van der Waals surface area contributed by atoms with Gasteiger partial charge in [0.2, 0.25) is 5.91 Å². The van der Waals surface area contributed by atoms with E-state index in [-0.39, 0.29) is 49.8 Å². The molecule has 36 heavy (non-hydrogen) atoms. The summed E-state index contributed by atoms with van der Waals surface area (Å²) in [7, 11) is 0. The fraction of sp³-hybridized carbons (Fsp3) is 0.750. The Morgan fingerprint density at radius 3 is 1.53 bits per heavy atom. The molecule has 3 amide bonds. The quantitative estimate of drug-likeness (QED) is 0.104. The van der Waals surface area contributed by atoms with Gasteiger partial charge in [0.05, 0.1) is 91.9 Å². The highest BCUT2D eigenvalue weighted by Crippen LogP contribution is 2.02. The van der Waals surface area contributed by atoms with Gasteiger partial charge in [-0.25, -0.2) is 0 Å². The number of aldehydes is 1. The molecule has 0 aromatic carbocycles. The van der Waals surface area contributed by atoms with Gasteiger partial charge < -0.3 is 38.5 Å². The zero-order chi connectivity index (χ0) is 26.4. The van der Waals surface area contributed by atoms with E-state index in [1.807, 2.05) is 13.8 Å². The summed E-state index contributed by atoms with van der Waals surface area (Å²) in [6, 6.07) is -0.469. The minimum Gasteiger partial charge on any atom is -0.379 e. The Morgan fingerprint density at radius 2 is 1.14 bits per heavy atom. The van der Waals surface area contributed by atoms with Crippen molar-refractivity contribution in [3.63, 3.8) is 0 Å². The highest BCUT2D eigenvalue weighted by atomic mass is 16.6. The van der Waals surface area contributed by atoms with Crippen LogP contribution in [0.5, 0.6) is 0 Å². The molecular formula is C24H40N2O10. The molecule has 12 nitrogen and oxygen atoms in total. The maximum atomic E-state index is 11.7. The van der Waals surface area contributed by atoms with Crippen LogP contribution in [0.2, 0.25) is 0 Å². The largest absolute Gasteiger partial charge is 0.379 e. The highest BCUT2D eigenvalue weighted by Gasteiger charge is 2.22. The Balaban J connectivity index is 1.74. The van der Waals surface area contributed by atoms with Gasteiger partial charge in [-0.1, -0.05) is 13.8 Å². The molecule has 0 bridgehead atoms. The van der Waals surface area contributed by atoms with Crippen molar-refractivity contribution in [2.45, 2.75) is 26.3 Å². The van der Waals surface area contributed by atoms with Gasteiger partial charge in [-0.05, 0) is 5.92 Å². The monoisotopic (exact) mass is 516 g/mol. The van der Waals surface area contributed by atoms with Crippen LogP contribution in [0, 0.1) is 5.92 Å². The predicted molar refractivity (Wildman–Crippen MR) is 128 cm³/mol. The third-order valence-corrected chi connectivity index (χ3v) is 4.89. The Labute approximate surface area is 212 Å². The van der Waals surface area contributed by atoms with Gasteiger partial charge >= 0.3 is 0 Å². The molecule has 0 spiro atoms. The number of imide groups is 1. The second kappa shape index (κ2) is 20.9. The fourth-order valence-electron chi connectivity index (χ4n) is 2.79. The first-order valence-electron chi connectivity index (χ1n) is 12.2. The predicted octanol–water partition coefficient (Wildman–Crippen LogP) is -0.259. The number of hydrogen-bond donors (Lipinski definition) is 1. The Hall–Kier alpha value is -2.22. The fourth-order valence-corrected chi connectivity index (χ4v) is 2.79. The molecule has 1 aliphatic heterocycles. The summed E-state index contributed by atoms with van der Waals surface area (Å²) in [5, 5.41) is 2.66. The molecule has 0 saturated carbocycles. The molecule has 0 aliphatic carbocycles. The summed E-state index contributed by atoms with van der Waals surface area (Å²) < 4.78 is 32.2. The van der Waals surface area contributed by atoms with Crippen LogP contribution in [0.3, 0.4) is 0 Å². The maximum absolute atomic E-state index is 11.7. The molecule has 0 aromatic rings. The third-order valence-electron chi connectivity index (χ3n) is 4.89. The van der Waals surface area contributed by atoms with Gasteiger partial charge in [0.1, 0.15) is 6.29 Å². The molecule has 0 saturated heterocycles. The summed E-state index contributed by atoms with van der Waals surface area (Å²) in [5.41, 5.74) is 0. The second-order valence-electron chi connectivity index (χ2n) is 8.06. The number of ether oxygens (including phenoxy) is 6. The molecule has 206 valence electrons. The number of amides is 3. The van der Waals surface area contributed by atoms with Crippen molar-refractivity contribution in [2.24, 2.45) is 5.92 Å². The Bertz CT molecular complexity index is 653. The molecular weight excluding hydrogens is 476 g/mol. The molecule has 1 atom stereocenters. The third kappa shape index (κ3) is 15.7. The smallest absolute Gasteiger partial charge is 0.253 e. The SMILES string of the molecule is CC(C)C(C=O)NC(=O)CCOCCOCCOCCOCCOCCOCCN1C(=O)C=CC1=O. The summed E-state index contributed by atoms with van der Waals surface area (Å²) in [6.07, 6.45) is 3.43. The average Bonchev–Trinajstić information content (AvgIpc) is 3.17. The van der Waals surface area contributed by atoms with Crippen LogP contribution >= 0.6 is 0 Å². The molecule has 1 N–H and O–H groups in total. The normalized spacial score (nSPS) is 14.1. The van der Waals surface area contributed by atoms with Crippen LogP contribution < -0.4 is 5.32 Å². The first-order valence-corrected chi connectivity index (χ1v) is 12.2. The lowest BCUT2D eigenvalue weighted by Crippen LogP contribution is -2.40. The molecule has 1 unspecified atom stereocenters. The molecule has 0 aromatic heterocycles. The maximum Gasteiger partial charge on any atom is 0.253 e. The summed E-state index contributed by atoms with van der Waals surface area (Å²) in [6.45, 7) is 8.66. The number of rotatable bonds is 24. The first kappa shape index (κ1) is 31.8. The summed E-state index contributed by atoms with van der Waals surface area (Å²) >= 11 is 0. The summed E-state index contributed by atoms with van der Waals surface area (Å²) in [5.74, 6) is -0.782. The molecule has 1 heterocycles. The second-order valence-corrected chi connectivity index (χ2v) is 8.06. The first-order chi connectivity index (χ1) is 17.5. The van der Waals surface area contributed by atoms with E-state index < -0.39 is 6.04 Å². The van der Waals surface area contributed by atoms with Gasteiger partial charge in [-0.15, -0.1) is 0 Å². The number of nitrogens with zero attached hydrogens (tertiary/aromatic N) is 1. The number of hydrogen-bond acceptors (Lipinski definition) is 10. The average molecular weight is 517 g/mol. The van der Waals surface area contributed by atoms with E-state index in [0.717, 1.165) is 11.2 Å². The molecule has 1 aliphatic rings. The molecule has 0 radical (unpaired) electrons. The van der Waals surface area contributed by atoms with Crippen LogP contribution in [-0.4, -0.2) is 121 Å². The minimum absolute atomic E-state index is 0.0550. The van der Waals surface area contributed by atoms with E-state index in [9.17, 15) is 19.2 Å². The van der Waals surface area contributed by atoms with Crippen molar-refractivity contribution < 1.29 is 47.6 Å². The Kier molecular flexibility index (Phi) is 18.5. The van der Waals surface area contributed by atoms with Crippen LogP contribution in [-0.2, 0) is 47.6 Å². The van der Waals surface area contributed by atoms with Crippen LogP contribution in [0.4, 0.5) is 0 Å². The van der Waals surface area contributed by atoms with Gasteiger partial charge in [-0.2, -0.15) is 0 Å². The van der Waals surface area contributed by atoms with Crippen LogP contribution in [0.25, 0.3) is 0 Å². The van der Waals surface area contributed by atoms with Crippen molar-refractivity contribution >= 4 is 24.0 Å². The van der Waals surface area contributed by atoms with E-state index in [1.165, 1.54) is 12.2 Å². The number of carbonyl (C=O) groups is 4. The topological polar surface area (TPSA) is 139 Å². The van der Waals surface area contributed by atoms with E-state index in [2.05, 4.69) is 5.32 Å². The van der Waals surface area contributed by atoms with E-state index >= 15 is 0 Å². The molecule has 1 rings (SSSR count). The van der Waals surface area contributed by atoms with Gasteiger partial charge in [0, 0.05) is 18.6 Å². The molecule has 0 fully saturated rings. The van der Waals surface area contributed by atoms with Crippen LogP contribution in [0.1, 0.15) is 20.3 Å². The minimum atomic E-state index is -0.469. The highest BCUT2D eigenvalue weighted by molar-refractivity contribution is 6.12.